The molecular formula is C14H11F5O3. The Kier molecular flexibility index (Phi) is 2.81. The zero-order valence-corrected chi connectivity index (χ0v) is 11.6. The summed E-state index contributed by atoms with van der Waals surface area (Å²) in [6.07, 6.45) is -4.80. The molecule has 120 valence electrons. The van der Waals surface area contributed by atoms with Crippen LogP contribution in [-0.4, -0.2) is 24.4 Å². The molecule has 3 atom stereocenters. The number of benzene rings is 1. The van der Waals surface area contributed by atoms with Crippen LogP contribution < -0.4 is 4.74 Å². The average Bonchev–Trinajstić information content (AvgIpc) is 2.89. The fourth-order valence-corrected chi connectivity index (χ4v) is 3.14. The predicted octanol–water partition coefficient (Wildman–Crippen LogP) is 3.11. The van der Waals surface area contributed by atoms with Gasteiger partial charge in [0, 0.05) is 11.5 Å². The highest BCUT2D eigenvalue weighted by Gasteiger charge is 2.73. The second-order valence-electron chi connectivity index (χ2n) is 5.71. The van der Waals surface area contributed by atoms with Gasteiger partial charge in [-0.1, -0.05) is 13.0 Å². The Morgan fingerprint density at radius 3 is 2.45 bits per heavy atom. The van der Waals surface area contributed by atoms with Gasteiger partial charge in [-0.3, -0.25) is 4.79 Å². The summed E-state index contributed by atoms with van der Waals surface area (Å²) >= 11 is 0. The minimum atomic E-state index is -4.80. The topological polar surface area (TPSA) is 35.5 Å². The maximum Gasteiger partial charge on any atom is 0.428 e. The summed E-state index contributed by atoms with van der Waals surface area (Å²) in [5.41, 5.74) is -4.63. The number of halogens is 5. The lowest BCUT2D eigenvalue weighted by molar-refractivity contribution is -0.263. The third kappa shape index (κ3) is 1.52. The molecule has 8 heteroatoms. The second kappa shape index (κ2) is 4.11. The summed E-state index contributed by atoms with van der Waals surface area (Å²) in [5.74, 6) is -5.57. The van der Waals surface area contributed by atoms with E-state index in [4.69, 9.17) is 4.74 Å². The Hall–Kier alpha value is -1.86. The number of ether oxygens (including phenoxy) is 2. The van der Waals surface area contributed by atoms with Crippen LogP contribution in [0.5, 0.6) is 5.75 Å². The van der Waals surface area contributed by atoms with Gasteiger partial charge in [0.25, 0.3) is 0 Å². The van der Waals surface area contributed by atoms with Crippen LogP contribution in [0.4, 0.5) is 22.0 Å². The van der Waals surface area contributed by atoms with Gasteiger partial charge in [0.05, 0.1) is 0 Å². The van der Waals surface area contributed by atoms with Crippen LogP contribution in [0.3, 0.4) is 0 Å². The van der Waals surface area contributed by atoms with Crippen molar-refractivity contribution in [3.05, 3.63) is 29.3 Å². The number of fused-ring (bicyclic) bond motifs is 2. The molecule has 0 N–H and O–H groups in total. The first-order valence-electron chi connectivity index (χ1n) is 6.47. The molecule has 3 rings (SSSR count). The Balaban J connectivity index is 2.19. The third-order valence-electron chi connectivity index (χ3n) is 4.77. The molecule has 1 aromatic rings. The lowest BCUT2D eigenvalue weighted by Gasteiger charge is -2.32. The molecule has 0 saturated carbocycles. The monoisotopic (exact) mass is 322 g/mol. The Bertz CT molecular complexity index is 671. The van der Waals surface area contributed by atoms with E-state index in [2.05, 4.69) is 4.74 Å². The number of hydrogen-bond acceptors (Lipinski definition) is 3. The molecule has 0 aromatic heterocycles. The van der Waals surface area contributed by atoms with Crippen LogP contribution in [0.25, 0.3) is 0 Å². The van der Waals surface area contributed by atoms with Gasteiger partial charge in [-0.2, -0.15) is 17.6 Å². The van der Waals surface area contributed by atoms with Crippen molar-refractivity contribution in [1.29, 1.82) is 0 Å². The van der Waals surface area contributed by atoms with Gasteiger partial charge >= 0.3 is 12.1 Å². The number of alkyl halides is 3. The Morgan fingerprint density at radius 2 is 1.91 bits per heavy atom. The number of carbonyl (C=O) groups excluding carboxylic acids is 1. The number of esters is 1. The van der Waals surface area contributed by atoms with Crippen molar-refractivity contribution in [2.45, 2.75) is 31.0 Å². The van der Waals surface area contributed by atoms with E-state index in [1.807, 2.05) is 0 Å². The van der Waals surface area contributed by atoms with Gasteiger partial charge in [-0.05, 0) is 13.0 Å². The average molecular weight is 322 g/mol. The fraction of sp³-hybridized carbons (Fsp3) is 0.500. The van der Waals surface area contributed by atoms with Crippen LogP contribution in [0, 0.1) is 17.6 Å². The predicted molar refractivity (Wildman–Crippen MR) is 63.2 cm³/mol. The van der Waals surface area contributed by atoms with Gasteiger partial charge in [-0.25, -0.2) is 4.39 Å². The number of hydrogen-bond donors (Lipinski definition) is 0. The quantitative estimate of drug-likeness (QED) is 0.544. The summed E-state index contributed by atoms with van der Waals surface area (Å²) in [5, 5.41) is 0. The van der Waals surface area contributed by atoms with Gasteiger partial charge < -0.3 is 9.47 Å². The van der Waals surface area contributed by atoms with Gasteiger partial charge in [0.2, 0.25) is 11.4 Å². The summed E-state index contributed by atoms with van der Waals surface area (Å²) in [7, 11) is 0. The van der Waals surface area contributed by atoms with Crippen molar-refractivity contribution in [3.63, 3.8) is 0 Å². The molecule has 22 heavy (non-hydrogen) atoms. The fourth-order valence-electron chi connectivity index (χ4n) is 3.14. The van der Waals surface area contributed by atoms with Gasteiger partial charge in [0.1, 0.15) is 12.0 Å². The van der Waals surface area contributed by atoms with Gasteiger partial charge in [-0.15, -0.1) is 0 Å². The van der Waals surface area contributed by atoms with Crippen molar-refractivity contribution in [3.8, 4) is 5.75 Å². The molecule has 0 aliphatic carbocycles. The lowest BCUT2D eigenvalue weighted by Crippen LogP contribution is -2.50. The van der Waals surface area contributed by atoms with Crippen molar-refractivity contribution in [2.24, 2.45) is 5.92 Å². The van der Waals surface area contributed by atoms with E-state index in [1.165, 1.54) is 6.92 Å². The zero-order valence-electron chi connectivity index (χ0n) is 11.6. The Labute approximate surface area is 122 Å². The largest absolute Gasteiger partial charge is 0.488 e. The molecular weight excluding hydrogens is 311 g/mol. The second-order valence-corrected chi connectivity index (χ2v) is 5.71. The van der Waals surface area contributed by atoms with Crippen LogP contribution >= 0.6 is 0 Å². The molecule has 1 saturated heterocycles. The van der Waals surface area contributed by atoms with Crippen LogP contribution in [-0.2, 0) is 14.9 Å². The minimum absolute atomic E-state index is 0.114. The maximum atomic E-state index is 13.7. The molecule has 3 nitrogen and oxygen atoms in total. The Morgan fingerprint density at radius 1 is 1.27 bits per heavy atom. The zero-order chi connectivity index (χ0) is 16.5. The third-order valence-corrected chi connectivity index (χ3v) is 4.77. The van der Waals surface area contributed by atoms with Crippen molar-refractivity contribution >= 4 is 5.97 Å². The van der Waals surface area contributed by atoms with Crippen LogP contribution in [0.15, 0.2) is 12.1 Å². The molecule has 1 spiro atoms. The van der Waals surface area contributed by atoms with Crippen molar-refractivity contribution in [1.82, 2.24) is 0 Å². The minimum Gasteiger partial charge on any atom is -0.488 e. The van der Waals surface area contributed by atoms with E-state index < -0.39 is 53.1 Å². The summed E-state index contributed by atoms with van der Waals surface area (Å²) in [6.45, 7) is 1.44. The van der Waals surface area contributed by atoms with E-state index in [0.717, 1.165) is 19.1 Å². The number of rotatable bonds is 0. The molecule has 1 aromatic carbocycles. The molecule has 0 amide bonds. The normalized spacial score (nSPS) is 33.8. The van der Waals surface area contributed by atoms with E-state index in [1.54, 1.807) is 0 Å². The summed E-state index contributed by atoms with van der Waals surface area (Å²) in [4.78, 5) is 12.2. The standard InChI is InChI=1S/C14H11F5O3/c1-6-12(2,14(17,18)19)22-11(20)13(6)5-21-10-7(13)3-4-8(15)9(10)16/h3-4,6H,5H2,1-2H3/t6-,12-,13+/m1/s1. The summed E-state index contributed by atoms with van der Waals surface area (Å²) < 4.78 is 76.4. The first-order chi connectivity index (χ1) is 10.1. The van der Waals surface area contributed by atoms with Gasteiger partial charge in [0.15, 0.2) is 11.6 Å². The van der Waals surface area contributed by atoms with E-state index >= 15 is 0 Å². The van der Waals surface area contributed by atoms with Crippen molar-refractivity contribution in [2.75, 3.05) is 6.61 Å². The molecule has 2 heterocycles. The number of cyclic esters (lactones) is 1. The van der Waals surface area contributed by atoms with E-state index in [0.29, 0.717) is 0 Å². The number of carbonyl (C=O) groups is 1. The molecule has 2 aliphatic heterocycles. The smallest absolute Gasteiger partial charge is 0.428 e. The highest BCUT2D eigenvalue weighted by atomic mass is 19.4. The highest BCUT2D eigenvalue weighted by molar-refractivity contribution is 5.89. The van der Waals surface area contributed by atoms with Crippen molar-refractivity contribution < 1.29 is 36.2 Å². The molecule has 0 unspecified atom stereocenters. The molecule has 1 fully saturated rings. The highest BCUT2D eigenvalue weighted by Crippen LogP contribution is 2.58. The first-order valence-corrected chi connectivity index (χ1v) is 6.47. The van der Waals surface area contributed by atoms with Crippen LogP contribution in [0.1, 0.15) is 19.4 Å². The molecule has 2 aliphatic rings. The van der Waals surface area contributed by atoms with Crippen LogP contribution in [0.2, 0.25) is 0 Å². The lowest BCUT2D eigenvalue weighted by atomic mass is 9.68. The molecule has 0 radical (unpaired) electrons. The van der Waals surface area contributed by atoms with E-state index in [-0.39, 0.29) is 5.56 Å². The van der Waals surface area contributed by atoms with E-state index in [9.17, 15) is 26.7 Å². The molecule has 0 bridgehead atoms. The SMILES string of the molecule is C[C@H]1[C@]2(COc3c2ccc(F)c3F)C(=O)O[C@@]1(C)C(F)(F)F. The summed E-state index contributed by atoms with van der Waals surface area (Å²) in [6, 6.07) is 1.83. The maximum absolute atomic E-state index is 13.7. The first kappa shape index (κ1) is 15.1.